The van der Waals surface area contributed by atoms with Crippen molar-refractivity contribution in [3.8, 4) is 11.5 Å². The Morgan fingerprint density at radius 2 is 1.90 bits per heavy atom. The Morgan fingerprint density at radius 3 is 2.65 bits per heavy atom. The summed E-state index contributed by atoms with van der Waals surface area (Å²) in [6, 6.07) is 12.6. The summed E-state index contributed by atoms with van der Waals surface area (Å²) in [5.74, 6) is 1.82. The second-order valence-corrected chi connectivity index (χ2v) is 8.04. The van der Waals surface area contributed by atoms with Crippen molar-refractivity contribution in [2.75, 3.05) is 13.7 Å². The summed E-state index contributed by atoms with van der Waals surface area (Å²) in [6.45, 7) is 0.620. The van der Waals surface area contributed by atoms with Crippen LogP contribution in [0.4, 0.5) is 0 Å². The van der Waals surface area contributed by atoms with Crippen LogP contribution >= 0.6 is 0 Å². The minimum Gasteiger partial charge on any atom is -0.497 e. The highest BCUT2D eigenvalue weighted by Gasteiger charge is 2.16. The minimum atomic E-state index is -0.848. The van der Waals surface area contributed by atoms with E-state index in [0.717, 1.165) is 5.75 Å². The molecule has 1 N–H and O–H groups in total. The van der Waals surface area contributed by atoms with E-state index in [1.165, 1.54) is 38.4 Å². The Kier molecular flexibility index (Phi) is 6.73. The molecule has 1 heterocycles. The monoisotopic (exact) mass is 420 g/mol. The molecule has 3 aromatic rings. The molecule has 0 spiro atoms. The standard InChI is InChI=1S/C26H28O5/c1-29-21-13-10-19(11-14-21)22(27)15-12-20-17-31-24-9-5-8-23(25(24)26(20)28)30-16-18-6-3-2-4-7-18/h5,8-15,17-18,22,27H,2-4,6-7,16H2,1H3/b15-12+. The molecule has 1 aliphatic carbocycles. The Balaban J connectivity index is 1.55. The van der Waals surface area contributed by atoms with E-state index >= 15 is 0 Å². The van der Waals surface area contributed by atoms with E-state index in [4.69, 9.17) is 13.9 Å². The summed E-state index contributed by atoms with van der Waals surface area (Å²) in [4.78, 5) is 13.1. The van der Waals surface area contributed by atoms with E-state index in [2.05, 4.69) is 0 Å². The highest BCUT2D eigenvalue weighted by molar-refractivity contribution is 5.85. The maximum Gasteiger partial charge on any atom is 0.203 e. The van der Waals surface area contributed by atoms with Crippen LogP contribution in [0.1, 0.15) is 49.3 Å². The predicted octanol–water partition coefficient (Wildman–Crippen LogP) is 5.51. The first-order valence-corrected chi connectivity index (χ1v) is 10.8. The smallest absolute Gasteiger partial charge is 0.203 e. The zero-order chi connectivity index (χ0) is 21.6. The van der Waals surface area contributed by atoms with Crippen LogP contribution in [0, 0.1) is 5.92 Å². The molecule has 5 heteroatoms. The lowest BCUT2D eigenvalue weighted by Gasteiger charge is -2.21. The van der Waals surface area contributed by atoms with Gasteiger partial charge in [0.05, 0.1) is 25.4 Å². The molecule has 5 nitrogen and oxygen atoms in total. The molecule has 1 saturated carbocycles. The molecule has 1 fully saturated rings. The number of benzene rings is 2. The van der Waals surface area contributed by atoms with E-state index in [9.17, 15) is 9.90 Å². The largest absolute Gasteiger partial charge is 0.497 e. The molecular formula is C26H28O5. The van der Waals surface area contributed by atoms with E-state index < -0.39 is 6.10 Å². The number of hydrogen-bond acceptors (Lipinski definition) is 5. The Labute approximate surface area is 181 Å². The topological polar surface area (TPSA) is 68.9 Å². The van der Waals surface area contributed by atoms with Crippen molar-refractivity contribution in [2.45, 2.75) is 38.2 Å². The van der Waals surface area contributed by atoms with Crippen molar-refractivity contribution < 1.29 is 19.0 Å². The molecule has 2 aromatic carbocycles. The van der Waals surface area contributed by atoms with E-state index in [1.807, 2.05) is 12.1 Å². The lowest BCUT2D eigenvalue weighted by atomic mass is 9.90. The van der Waals surface area contributed by atoms with Crippen LogP contribution in [0.5, 0.6) is 11.5 Å². The van der Waals surface area contributed by atoms with Gasteiger partial charge in [0, 0.05) is 0 Å². The van der Waals surface area contributed by atoms with Gasteiger partial charge in [-0.25, -0.2) is 0 Å². The quantitative estimate of drug-likeness (QED) is 0.546. The first kappa shape index (κ1) is 21.2. The van der Waals surface area contributed by atoms with Gasteiger partial charge in [0.1, 0.15) is 28.7 Å². The summed E-state index contributed by atoms with van der Waals surface area (Å²) in [5.41, 5.74) is 1.41. The molecular weight excluding hydrogens is 392 g/mol. The number of ether oxygens (including phenoxy) is 2. The van der Waals surface area contributed by atoms with Crippen molar-refractivity contribution in [1.82, 2.24) is 0 Å². The molecule has 4 rings (SSSR count). The number of aliphatic hydroxyl groups excluding tert-OH is 1. The fraction of sp³-hybridized carbons (Fsp3) is 0.346. The van der Waals surface area contributed by atoms with Crippen LogP contribution in [0.3, 0.4) is 0 Å². The molecule has 1 aliphatic rings. The lowest BCUT2D eigenvalue weighted by molar-refractivity contribution is 0.210. The van der Waals surface area contributed by atoms with E-state index in [1.54, 1.807) is 49.6 Å². The fourth-order valence-corrected chi connectivity index (χ4v) is 4.06. The molecule has 0 saturated heterocycles. The van der Waals surface area contributed by atoms with Crippen LogP contribution in [0.25, 0.3) is 17.0 Å². The van der Waals surface area contributed by atoms with Gasteiger partial charge in [-0.05, 0) is 54.7 Å². The third-order valence-electron chi connectivity index (χ3n) is 5.90. The van der Waals surface area contributed by atoms with Gasteiger partial charge < -0.3 is 19.0 Å². The molecule has 162 valence electrons. The molecule has 0 bridgehead atoms. The van der Waals surface area contributed by atoms with Gasteiger partial charge in [0.2, 0.25) is 5.43 Å². The van der Waals surface area contributed by atoms with Crippen LogP contribution in [-0.4, -0.2) is 18.8 Å². The SMILES string of the molecule is COc1ccc(C(O)/C=C/c2coc3cccc(OCC4CCCCC4)c3c2=O)cc1. The van der Waals surface area contributed by atoms with Crippen molar-refractivity contribution in [1.29, 1.82) is 0 Å². The van der Waals surface area contributed by atoms with Crippen LogP contribution in [0.2, 0.25) is 0 Å². The second-order valence-electron chi connectivity index (χ2n) is 8.04. The van der Waals surface area contributed by atoms with Gasteiger partial charge in [0.25, 0.3) is 0 Å². The molecule has 1 atom stereocenters. The van der Waals surface area contributed by atoms with Gasteiger partial charge in [-0.1, -0.05) is 43.5 Å². The fourth-order valence-electron chi connectivity index (χ4n) is 4.06. The molecule has 1 aromatic heterocycles. The number of aliphatic hydroxyl groups is 1. The van der Waals surface area contributed by atoms with Crippen LogP contribution < -0.4 is 14.9 Å². The molecule has 1 unspecified atom stereocenters. The maximum atomic E-state index is 13.1. The number of fused-ring (bicyclic) bond motifs is 1. The average molecular weight is 421 g/mol. The highest BCUT2D eigenvalue weighted by Crippen LogP contribution is 2.28. The van der Waals surface area contributed by atoms with Gasteiger partial charge in [-0.3, -0.25) is 4.79 Å². The summed E-state index contributed by atoms with van der Waals surface area (Å²) in [5, 5.41) is 10.9. The molecule has 0 aliphatic heterocycles. The van der Waals surface area contributed by atoms with Crippen LogP contribution in [-0.2, 0) is 0 Å². The Bertz CT molecular complexity index is 1090. The molecule has 0 radical (unpaired) electrons. The zero-order valence-corrected chi connectivity index (χ0v) is 17.8. The average Bonchev–Trinajstić information content (AvgIpc) is 2.82. The van der Waals surface area contributed by atoms with Crippen molar-refractivity contribution >= 4 is 17.0 Å². The minimum absolute atomic E-state index is 0.168. The first-order valence-electron chi connectivity index (χ1n) is 10.8. The second kappa shape index (κ2) is 9.84. The van der Waals surface area contributed by atoms with Crippen molar-refractivity contribution in [2.24, 2.45) is 5.92 Å². The third-order valence-corrected chi connectivity index (χ3v) is 5.90. The summed E-state index contributed by atoms with van der Waals surface area (Å²) >= 11 is 0. The number of rotatable bonds is 7. The van der Waals surface area contributed by atoms with Gasteiger partial charge in [-0.2, -0.15) is 0 Å². The Hall–Kier alpha value is -3.05. The first-order chi connectivity index (χ1) is 15.2. The maximum absolute atomic E-state index is 13.1. The summed E-state index contributed by atoms with van der Waals surface area (Å²) < 4.78 is 16.9. The highest BCUT2D eigenvalue weighted by atomic mass is 16.5. The lowest BCUT2D eigenvalue weighted by Crippen LogP contribution is -2.16. The third kappa shape index (κ3) is 5.00. The van der Waals surface area contributed by atoms with Crippen molar-refractivity contribution in [3.05, 3.63) is 76.2 Å². The Morgan fingerprint density at radius 1 is 1.13 bits per heavy atom. The van der Waals surface area contributed by atoms with Gasteiger partial charge >= 0.3 is 0 Å². The van der Waals surface area contributed by atoms with Crippen LogP contribution in [0.15, 0.2) is 64.0 Å². The number of methoxy groups -OCH3 is 1. The molecule has 31 heavy (non-hydrogen) atoms. The summed E-state index contributed by atoms with van der Waals surface area (Å²) in [6.07, 6.45) is 9.89. The normalized spacial score (nSPS) is 15.9. The predicted molar refractivity (Wildman–Crippen MR) is 122 cm³/mol. The van der Waals surface area contributed by atoms with E-state index in [-0.39, 0.29) is 5.43 Å². The van der Waals surface area contributed by atoms with E-state index in [0.29, 0.717) is 40.4 Å². The van der Waals surface area contributed by atoms with Crippen molar-refractivity contribution in [3.63, 3.8) is 0 Å². The van der Waals surface area contributed by atoms with Gasteiger partial charge in [0.15, 0.2) is 0 Å². The number of hydrogen-bond donors (Lipinski definition) is 1. The molecule has 0 amide bonds. The zero-order valence-electron chi connectivity index (χ0n) is 17.8. The summed E-state index contributed by atoms with van der Waals surface area (Å²) in [7, 11) is 1.59. The van der Waals surface area contributed by atoms with Gasteiger partial charge in [-0.15, -0.1) is 0 Å².